The largest absolute Gasteiger partial charge is 0.312 e. The van der Waals surface area contributed by atoms with E-state index in [0.29, 0.717) is 24.4 Å². The van der Waals surface area contributed by atoms with Crippen LogP contribution in [0.5, 0.6) is 0 Å². The van der Waals surface area contributed by atoms with Gasteiger partial charge in [-0.25, -0.2) is 18.1 Å². The average Bonchev–Trinajstić information content (AvgIpc) is 3.06. The minimum atomic E-state index is -3.44. The highest BCUT2D eigenvalue weighted by atomic mass is 32.2. The molecule has 0 aromatic carbocycles. The van der Waals surface area contributed by atoms with Crippen LogP contribution in [0.1, 0.15) is 22.4 Å². The Morgan fingerprint density at radius 1 is 1.38 bits per heavy atom. The maximum absolute atomic E-state index is 12.3. The van der Waals surface area contributed by atoms with Gasteiger partial charge in [0.1, 0.15) is 0 Å². The number of hydrogen-bond acceptors (Lipinski definition) is 6. The molecule has 8 heteroatoms. The molecule has 2 heterocycles. The van der Waals surface area contributed by atoms with Crippen LogP contribution in [-0.2, 0) is 23.0 Å². The molecule has 0 bridgehead atoms. The third kappa shape index (κ3) is 4.58. The summed E-state index contributed by atoms with van der Waals surface area (Å²) in [6, 6.07) is 1.76. The summed E-state index contributed by atoms with van der Waals surface area (Å²) >= 11 is 3.03. The predicted molar refractivity (Wildman–Crippen MR) is 87.4 cm³/mol. The second-order valence-corrected chi connectivity index (χ2v) is 8.34. The van der Waals surface area contributed by atoms with Gasteiger partial charge in [-0.1, -0.05) is 6.92 Å². The highest BCUT2D eigenvalue weighted by molar-refractivity contribution is 7.89. The molecule has 0 spiro atoms. The molecule has 0 fully saturated rings. The number of aromatic nitrogens is 1. The minimum absolute atomic E-state index is 0.365. The van der Waals surface area contributed by atoms with Crippen LogP contribution in [-0.4, -0.2) is 26.5 Å². The first kappa shape index (κ1) is 16.6. The lowest BCUT2D eigenvalue weighted by molar-refractivity contribution is 0.581. The molecule has 0 radical (unpaired) electrons. The topological polar surface area (TPSA) is 71.1 Å². The average molecular weight is 346 g/mol. The predicted octanol–water partition coefficient (Wildman–Crippen LogP) is 2.14. The molecule has 2 N–H and O–H groups in total. The Bertz CT molecular complexity index is 663. The molecule has 0 saturated carbocycles. The fourth-order valence-corrected chi connectivity index (χ4v) is 5.11. The van der Waals surface area contributed by atoms with Crippen LogP contribution in [0.25, 0.3) is 0 Å². The van der Waals surface area contributed by atoms with E-state index in [9.17, 15) is 8.42 Å². The number of sulfonamides is 1. The molecular formula is C13H19N3O2S3. The van der Waals surface area contributed by atoms with Gasteiger partial charge in [0, 0.05) is 34.6 Å². The molecular weight excluding hydrogens is 326 g/mol. The van der Waals surface area contributed by atoms with Crippen molar-refractivity contribution in [1.29, 1.82) is 0 Å². The lowest BCUT2D eigenvalue weighted by Gasteiger charge is -2.05. The number of hydrogen-bond donors (Lipinski definition) is 2. The summed E-state index contributed by atoms with van der Waals surface area (Å²) in [4.78, 5) is 6.39. The van der Waals surface area contributed by atoms with E-state index in [1.807, 2.05) is 19.2 Å². The number of thiophene rings is 1. The van der Waals surface area contributed by atoms with Crippen LogP contribution >= 0.6 is 22.7 Å². The van der Waals surface area contributed by atoms with E-state index in [0.717, 1.165) is 22.0 Å². The van der Waals surface area contributed by atoms with Gasteiger partial charge in [0.15, 0.2) is 0 Å². The molecule has 116 valence electrons. The molecule has 2 aromatic heterocycles. The summed E-state index contributed by atoms with van der Waals surface area (Å²) in [6.07, 6.45) is 0.607. The van der Waals surface area contributed by atoms with Gasteiger partial charge in [-0.15, -0.1) is 22.7 Å². The summed E-state index contributed by atoms with van der Waals surface area (Å²) in [7, 11) is -3.44. The van der Waals surface area contributed by atoms with Gasteiger partial charge in [-0.2, -0.15) is 0 Å². The zero-order valence-electron chi connectivity index (χ0n) is 12.0. The third-order valence-electron chi connectivity index (χ3n) is 2.92. The molecule has 5 nitrogen and oxygen atoms in total. The standard InChI is InChI=1S/C13H19N3O2S3/c1-3-14-7-12-6-13(10(2)20-12)21(17,18)16-5-4-11-8-19-9-15-11/h6,8-9,14,16H,3-5,7H2,1-2H3. The van der Waals surface area contributed by atoms with Gasteiger partial charge < -0.3 is 5.32 Å². The van der Waals surface area contributed by atoms with Crippen molar-refractivity contribution in [2.24, 2.45) is 0 Å². The molecule has 0 aliphatic heterocycles. The van der Waals surface area contributed by atoms with E-state index in [1.165, 1.54) is 22.7 Å². The normalized spacial score (nSPS) is 11.9. The second-order valence-electron chi connectivity index (χ2n) is 4.54. The van der Waals surface area contributed by atoms with Crippen LogP contribution < -0.4 is 10.0 Å². The lowest BCUT2D eigenvalue weighted by atomic mass is 10.3. The van der Waals surface area contributed by atoms with Crippen molar-refractivity contribution in [1.82, 2.24) is 15.0 Å². The monoisotopic (exact) mass is 345 g/mol. The van der Waals surface area contributed by atoms with Crippen molar-refractivity contribution in [3.63, 3.8) is 0 Å². The molecule has 0 amide bonds. The minimum Gasteiger partial charge on any atom is -0.312 e. The SMILES string of the molecule is CCNCc1cc(S(=O)(=O)NCCc2cscn2)c(C)s1. The van der Waals surface area contributed by atoms with Crippen LogP contribution in [0, 0.1) is 6.92 Å². The Labute approximate surface area is 133 Å². The molecule has 0 saturated heterocycles. The van der Waals surface area contributed by atoms with Crippen LogP contribution in [0.2, 0.25) is 0 Å². The Morgan fingerprint density at radius 2 is 2.19 bits per heavy atom. The van der Waals surface area contributed by atoms with E-state index < -0.39 is 10.0 Å². The third-order valence-corrected chi connectivity index (χ3v) is 6.32. The number of aryl methyl sites for hydroxylation is 1. The summed E-state index contributed by atoms with van der Waals surface area (Å²) in [5, 5.41) is 5.14. The Hall–Kier alpha value is -0.800. The quantitative estimate of drug-likeness (QED) is 0.769. The highest BCUT2D eigenvalue weighted by Gasteiger charge is 2.19. The fourth-order valence-electron chi connectivity index (χ4n) is 1.88. The zero-order valence-corrected chi connectivity index (χ0v) is 14.5. The summed E-state index contributed by atoms with van der Waals surface area (Å²) < 4.78 is 27.3. The summed E-state index contributed by atoms with van der Waals surface area (Å²) in [5.74, 6) is 0. The van der Waals surface area contributed by atoms with Crippen molar-refractivity contribution >= 4 is 32.7 Å². The van der Waals surface area contributed by atoms with Gasteiger partial charge in [0.05, 0.1) is 16.1 Å². The molecule has 0 unspecified atom stereocenters. The smallest absolute Gasteiger partial charge is 0.241 e. The van der Waals surface area contributed by atoms with Gasteiger partial charge >= 0.3 is 0 Å². The Kier molecular flexibility index (Phi) is 5.88. The molecule has 0 aliphatic rings. The zero-order chi connectivity index (χ0) is 15.3. The van der Waals surface area contributed by atoms with Crippen LogP contribution in [0.15, 0.2) is 21.9 Å². The molecule has 2 rings (SSSR count). The molecule has 0 atom stereocenters. The van der Waals surface area contributed by atoms with E-state index >= 15 is 0 Å². The number of nitrogens with one attached hydrogen (secondary N) is 2. The van der Waals surface area contributed by atoms with E-state index in [2.05, 4.69) is 15.0 Å². The van der Waals surface area contributed by atoms with Crippen molar-refractivity contribution in [2.45, 2.75) is 31.7 Å². The van der Waals surface area contributed by atoms with Crippen molar-refractivity contribution in [2.75, 3.05) is 13.1 Å². The van der Waals surface area contributed by atoms with Crippen molar-refractivity contribution in [3.8, 4) is 0 Å². The van der Waals surface area contributed by atoms with E-state index in [4.69, 9.17) is 0 Å². The fraction of sp³-hybridized carbons (Fsp3) is 0.462. The summed E-state index contributed by atoms with van der Waals surface area (Å²) in [6.45, 7) is 5.80. The first-order chi connectivity index (χ1) is 10.0. The molecule has 0 aliphatic carbocycles. The van der Waals surface area contributed by atoms with Gasteiger partial charge in [0.2, 0.25) is 10.0 Å². The molecule has 21 heavy (non-hydrogen) atoms. The van der Waals surface area contributed by atoms with Gasteiger partial charge in [0.25, 0.3) is 0 Å². The first-order valence-electron chi connectivity index (χ1n) is 6.69. The maximum atomic E-state index is 12.3. The second kappa shape index (κ2) is 7.46. The van der Waals surface area contributed by atoms with Crippen LogP contribution in [0.3, 0.4) is 0 Å². The van der Waals surface area contributed by atoms with Crippen molar-refractivity contribution < 1.29 is 8.42 Å². The number of rotatable bonds is 8. The van der Waals surface area contributed by atoms with E-state index in [1.54, 1.807) is 11.6 Å². The Morgan fingerprint density at radius 3 is 2.86 bits per heavy atom. The number of nitrogens with zero attached hydrogens (tertiary/aromatic N) is 1. The van der Waals surface area contributed by atoms with Gasteiger partial charge in [-0.3, -0.25) is 0 Å². The first-order valence-corrected chi connectivity index (χ1v) is 9.94. The van der Waals surface area contributed by atoms with Crippen molar-refractivity contribution in [3.05, 3.63) is 32.4 Å². The van der Waals surface area contributed by atoms with Crippen LogP contribution in [0.4, 0.5) is 0 Å². The maximum Gasteiger partial charge on any atom is 0.241 e. The summed E-state index contributed by atoms with van der Waals surface area (Å²) in [5.41, 5.74) is 2.66. The highest BCUT2D eigenvalue weighted by Crippen LogP contribution is 2.25. The Balaban J connectivity index is 1.99. The molecule has 2 aromatic rings. The van der Waals surface area contributed by atoms with Gasteiger partial charge in [-0.05, 0) is 19.5 Å². The van der Waals surface area contributed by atoms with E-state index in [-0.39, 0.29) is 0 Å². The number of thiazole rings is 1. The lowest BCUT2D eigenvalue weighted by Crippen LogP contribution is -2.26.